The largest absolute Gasteiger partial charge is 0.392 e. The molecular weight excluding hydrogens is 222 g/mol. The molecule has 2 heteroatoms. The van der Waals surface area contributed by atoms with Crippen LogP contribution in [0, 0.1) is 0 Å². The first-order valence-corrected chi connectivity index (χ1v) is 7.34. The normalized spacial score (nSPS) is 31.9. The van der Waals surface area contributed by atoms with Gasteiger partial charge < -0.3 is 10.4 Å². The molecule has 0 bridgehead atoms. The Balaban J connectivity index is 1.62. The summed E-state index contributed by atoms with van der Waals surface area (Å²) >= 11 is 0. The van der Waals surface area contributed by atoms with Crippen molar-refractivity contribution >= 4 is 0 Å². The van der Waals surface area contributed by atoms with Gasteiger partial charge in [0, 0.05) is 12.1 Å². The van der Waals surface area contributed by atoms with Crippen molar-refractivity contribution in [3.63, 3.8) is 0 Å². The average molecular weight is 245 g/mol. The van der Waals surface area contributed by atoms with Crippen LogP contribution in [0.2, 0.25) is 0 Å². The molecule has 1 aromatic carbocycles. The number of aryl methyl sites for hydroxylation is 1. The lowest BCUT2D eigenvalue weighted by Gasteiger charge is -2.34. The van der Waals surface area contributed by atoms with Gasteiger partial charge in [-0.3, -0.25) is 0 Å². The van der Waals surface area contributed by atoms with Gasteiger partial charge in [-0.2, -0.15) is 0 Å². The zero-order valence-electron chi connectivity index (χ0n) is 10.9. The van der Waals surface area contributed by atoms with Crippen LogP contribution in [0.1, 0.15) is 43.2 Å². The summed E-state index contributed by atoms with van der Waals surface area (Å²) in [6.45, 7) is 0. The van der Waals surface area contributed by atoms with E-state index in [1.807, 2.05) is 0 Å². The molecule has 2 N–H and O–H groups in total. The maximum absolute atomic E-state index is 10.0. The molecule has 0 aromatic heterocycles. The maximum Gasteiger partial charge on any atom is 0.0693 e. The van der Waals surface area contributed by atoms with E-state index < -0.39 is 0 Å². The molecule has 1 aromatic rings. The molecule has 18 heavy (non-hydrogen) atoms. The van der Waals surface area contributed by atoms with E-state index >= 15 is 0 Å². The Hall–Kier alpha value is -0.860. The Kier molecular flexibility index (Phi) is 3.67. The number of rotatable bonds is 2. The molecule has 0 amide bonds. The Morgan fingerprint density at radius 2 is 1.78 bits per heavy atom. The summed E-state index contributed by atoms with van der Waals surface area (Å²) in [6, 6.07) is 9.65. The first kappa shape index (κ1) is 12.2. The summed E-state index contributed by atoms with van der Waals surface area (Å²) in [5.74, 6) is 0. The zero-order valence-corrected chi connectivity index (χ0v) is 10.9. The maximum atomic E-state index is 10.0. The highest BCUT2D eigenvalue weighted by molar-refractivity contribution is 5.30. The third-order valence-corrected chi connectivity index (χ3v) is 4.53. The average Bonchev–Trinajstić information content (AvgIpc) is 2.41. The fraction of sp³-hybridized carbons (Fsp3) is 0.625. The van der Waals surface area contributed by atoms with Crippen LogP contribution in [0.5, 0.6) is 0 Å². The highest BCUT2D eigenvalue weighted by atomic mass is 16.3. The van der Waals surface area contributed by atoms with Crippen LogP contribution in [0.4, 0.5) is 0 Å². The molecule has 1 fully saturated rings. The lowest BCUT2D eigenvalue weighted by atomic mass is 9.86. The summed E-state index contributed by atoms with van der Waals surface area (Å²) in [5.41, 5.74) is 3.01. The minimum atomic E-state index is -0.129. The second-order valence-corrected chi connectivity index (χ2v) is 5.83. The third kappa shape index (κ3) is 2.60. The van der Waals surface area contributed by atoms with E-state index in [0.717, 1.165) is 19.3 Å². The molecule has 1 saturated carbocycles. The van der Waals surface area contributed by atoms with Crippen molar-refractivity contribution in [2.24, 2.45) is 0 Å². The molecule has 2 aliphatic rings. The van der Waals surface area contributed by atoms with Gasteiger partial charge in [0.05, 0.1) is 6.10 Å². The molecule has 3 rings (SSSR count). The van der Waals surface area contributed by atoms with E-state index in [2.05, 4.69) is 29.6 Å². The van der Waals surface area contributed by atoms with Crippen LogP contribution in [0.3, 0.4) is 0 Å². The van der Waals surface area contributed by atoms with Crippen molar-refractivity contribution < 1.29 is 5.11 Å². The summed E-state index contributed by atoms with van der Waals surface area (Å²) in [7, 11) is 0. The molecule has 0 saturated heterocycles. The fourth-order valence-corrected chi connectivity index (χ4v) is 3.45. The first-order valence-electron chi connectivity index (χ1n) is 7.34. The lowest BCUT2D eigenvalue weighted by Crippen LogP contribution is -2.48. The Morgan fingerprint density at radius 3 is 2.61 bits per heavy atom. The molecule has 0 unspecified atom stereocenters. The predicted molar refractivity (Wildman–Crippen MR) is 73.7 cm³/mol. The quantitative estimate of drug-likeness (QED) is 0.839. The predicted octanol–water partition coefficient (Wildman–Crippen LogP) is 2.44. The lowest BCUT2D eigenvalue weighted by molar-refractivity contribution is 0.0837. The molecule has 0 aliphatic heterocycles. The van der Waals surface area contributed by atoms with Gasteiger partial charge in [0.2, 0.25) is 0 Å². The van der Waals surface area contributed by atoms with Crippen molar-refractivity contribution in [1.29, 1.82) is 0 Å². The topological polar surface area (TPSA) is 32.3 Å². The summed E-state index contributed by atoms with van der Waals surface area (Å²) in [4.78, 5) is 0. The number of aliphatic hydroxyl groups is 1. The fourth-order valence-electron chi connectivity index (χ4n) is 3.45. The molecule has 3 atom stereocenters. The van der Waals surface area contributed by atoms with Gasteiger partial charge in [-0.1, -0.05) is 37.1 Å². The van der Waals surface area contributed by atoms with Gasteiger partial charge in [-0.15, -0.1) is 0 Å². The number of hydrogen-bond acceptors (Lipinski definition) is 2. The number of hydrogen-bond donors (Lipinski definition) is 2. The second kappa shape index (κ2) is 5.41. The highest BCUT2D eigenvalue weighted by Gasteiger charge is 2.27. The Morgan fingerprint density at radius 1 is 1.00 bits per heavy atom. The summed E-state index contributed by atoms with van der Waals surface area (Å²) < 4.78 is 0. The molecule has 2 nitrogen and oxygen atoms in total. The van der Waals surface area contributed by atoms with E-state index in [9.17, 15) is 5.11 Å². The van der Waals surface area contributed by atoms with Gasteiger partial charge in [-0.05, 0) is 43.2 Å². The molecule has 2 aliphatic carbocycles. The molecular formula is C16H23NO. The highest BCUT2D eigenvalue weighted by Crippen LogP contribution is 2.24. The van der Waals surface area contributed by atoms with Gasteiger partial charge in [0.1, 0.15) is 0 Å². The molecule has 0 radical (unpaired) electrons. The van der Waals surface area contributed by atoms with Crippen molar-refractivity contribution in [1.82, 2.24) is 5.32 Å². The van der Waals surface area contributed by atoms with Crippen LogP contribution in [0.15, 0.2) is 24.3 Å². The van der Waals surface area contributed by atoms with Gasteiger partial charge in [0.25, 0.3) is 0 Å². The van der Waals surface area contributed by atoms with Crippen molar-refractivity contribution in [2.75, 3.05) is 0 Å². The first-order chi connectivity index (χ1) is 8.83. The molecule has 98 valence electrons. The van der Waals surface area contributed by atoms with Crippen molar-refractivity contribution in [3.8, 4) is 0 Å². The van der Waals surface area contributed by atoms with Crippen LogP contribution in [0.25, 0.3) is 0 Å². The minimum Gasteiger partial charge on any atom is -0.392 e. The second-order valence-electron chi connectivity index (χ2n) is 5.83. The minimum absolute atomic E-state index is 0.129. The smallest absolute Gasteiger partial charge is 0.0693 e. The summed E-state index contributed by atoms with van der Waals surface area (Å²) in [6.07, 6.45) is 7.94. The summed E-state index contributed by atoms with van der Waals surface area (Å²) in [5, 5.41) is 13.7. The van der Waals surface area contributed by atoms with Crippen LogP contribution < -0.4 is 5.32 Å². The van der Waals surface area contributed by atoms with E-state index in [4.69, 9.17) is 0 Å². The Labute approximate surface area is 109 Å². The van der Waals surface area contributed by atoms with E-state index in [-0.39, 0.29) is 6.10 Å². The number of nitrogens with one attached hydrogen (secondary N) is 1. The standard InChI is InChI=1S/C16H23NO/c18-16-8-4-3-7-15(16)17-14-10-9-12-5-1-2-6-13(12)11-14/h1-2,5-6,14-18H,3-4,7-11H2/t14-,15-,16-/m1/s1. The van der Waals surface area contributed by atoms with Gasteiger partial charge >= 0.3 is 0 Å². The SMILES string of the molecule is O[C@@H]1CCCC[C@H]1N[C@@H]1CCc2ccccc2C1. The monoisotopic (exact) mass is 245 g/mol. The van der Waals surface area contributed by atoms with Crippen LogP contribution >= 0.6 is 0 Å². The molecule has 0 heterocycles. The third-order valence-electron chi connectivity index (χ3n) is 4.53. The van der Waals surface area contributed by atoms with Crippen molar-refractivity contribution in [3.05, 3.63) is 35.4 Å². The number of fused-ring (bicyclic) bond motifs is 1. The van der Waals surface area contributed by atoms with Crippen LogP contribution in [-0.4, -0.2) is 23.3 Å². The van der Waals surface area contributed by atoms with Gasteiger partial charge in [-0.25, -0.2) is 0 Å². The van der Waals surface area contributed by atoms with E-state index in [1.54, 1.807) is 0 Å². The van der Waals surface area contributed by atoms with E-state index in [0.29, 0.717) is 12.1 Å². The zero-order chi connectivity index (χ0) is 12.4. The van der Waals surface area contributed by atoms with E-state index in [1.165, 1.54) is 36.8 Å². The van der Waals surface area contributed by atoms with Gasteiger partial charge in [0.15, 0.2) is 0 Å². The van der Waals surface area contributed by atoms with Crippen molar-refractivity contribution in [2.45, 2.75) is 63.1 Å². The molecule has 0 spiro atoms. The number of aliphatic hydroxyl groups excluding tert-OH is 1. The Bertz CT molecular complexity index is 404. The van der Waals surface area contributed by atoms with Crippen LogP contribution in [-0.2, 0) is 12.8 Å². The number of benzene rings is 1.